The molecule has 1 amide bonds. The van der Waals surface area contributed by atoms with Crippen LogP contribution in [-0.4, -0.2) is 61.6 Å². The van der Waals surface area contributed by atoms with Crippen LogP contribution in [0.3, 0.4) is 0 Å². The van der Waals surface area contributed by atoms with Crippen molar-refractivity contribution in [3.63, 3.8) is 0 Å². The normalized spacial score (nSPS) is 11.6. The molecule has 0 aromatic heterocycles. The van der Waals surface area contributed by atoms with Gasteiger partial charge in [0, 0.05) is 19.3 Å². The highest BCUT2D eigenvalue weighted by Gasteiger charge is 2.18. The summed E-state index contributed by atoms with van der Waals surface area (Å²) in [6.07, 6.45) is 61.5. The van der Waals surface area contributed by atoms with E-state index in [0.717, 1.165) is 96.3 Å². The maximum Gasteiger partial charge on any atom is 0.306 e. The first-order chi connectivity index (χ1) is 33.4. The van der Waals surface area contributed by atoms with E-state index < -0.39 is 0 Å². The molecule has 0 fully saturated rings. The van der Waals surface area contributed by atoms with Crippen molar-refractivity contribution in [1.29, 1.82) is 0 Å². The van der Waals surface area contributed by atoms with Crippen molar-refractivity contribution in [3.05, 3.63) is 36.5 Å². The van der Waals surface area contributed by atoms with Gasteiger partial charge in [0.15, 0.2) is 6.61 Å². The van der Waals surface area contributed by atoms with Crippen LogP contribution in [0.2, 0.25) is 0 Å². The zero-order chi connectivity index (χ0) is 49.5. The van der Waals surface area contributed by atoms with E-state index in [1.165, 1.54) is 159 Å². The van der Waals surface area contributed by atoms with E-state index in [1.807, 2.05) is 0 Å². The van der Waals surface area contributed by atoms with Crippen molar-refractivity contribution in [2.24, 2.45) is 0 Å². The molecular formula is C60H109NO7. The second kappa shape index (κ2) is 55.0. The highest BCUT2D eigenvalue weighted by Crippen LogP contribution is 2.14. The topological polar surface area (TPSA) is 99.2 Å². The summed E-state index contributed by atoms with van der Waals surface area (Å²) in [4.78, 5) is 52.3. The molecule has 0 saturated heterocycles. The predicted octanol–water partition coefficient (Wildman–Crippen LogP) is 17.6. The highest BCUT2D eigenvalue weighted by atomic mass is 16.5. The van der Waals surface area contributed by atoms with Crippen molar-refractivity contribution in [1.82, 2.24) is 4.90 Å². The van der Waals surface area contributed by atoms with E-state index in [9.17, 15) is 19.2 Å². The van der Waals surface area contributed by atoms with Gasteiger partial charge in [0.2, 0.25) is 0 Å². The van der Waals surface area contributed by atoms with Crippen LogP contribution >= 0.6 is 0 Å². The van der Waals surface area contributed by atoms with Gasteiger partial charge in [0.05, 0.1) is 13.1 Å². The Hall–Kier alpha value is -2.90. The molecular weight excluding hydrogens is 847 g/mol. The van der Waals surface area contributed by atoms with Crippen molar-refractivity contribution >= 4 is 23.8 Å². The number of esters is 3. The van der Waals surface area contributed by atoms with Gasteiger partial charge in [-0.1, -0.05) is 211 Å². The quantitative estimate of drug-likeness (QED) is 0.0259. The third-order valence-corrected chi connectivity index (χ3v) is 12.9. The number of carbonyl (C=O) groups excluding carboxylic acids is 4. The molecule has 0 saturated carbocycles. The molecule has 0 atom stereocenters. The molecule has 68 heavy (non-hydrogen) atoms. The lowest BCUT2D eigenvalue weighted by Gasteiger charge is -2.22. The molecule has 0 radical (unpaired) electrons. The summed E-state index contributed by atoms with van der Waals surface area (Å²) >= 11 is 0. The van der Waals surface area contributed by atoms with Crippen LogP contribution in [0.25, 0.3) is 0 Å². The fourth-order valence-electron chi connectivity index (χ4n) is 8.37. The lowest BCUT2D eigenvalue weighted by molar-refractivity contribution is -0.154. The number of allylic oxidation sites excluding steroid dienone is 6. The number of hydrogen-bond donors (Lipinski definition) is 0. The molecule has 396 valence electrons. The summed E-state index contributed by atoms with van der Waals surface area (Å²) in [7, 11) is 0. The minimum atomic E-state index is -0.385. The summed E-state index contributed by atoms with van der Waals surface area (Å²) in [6.45, 7) is 6.77. The van der Waals surface area contributed by atoms with Gasteiger partial charge < -0.3 is 19.1 Å². The third-order valence-electron chi connectivity index (χ3n) is 12.9. The molecule has 8 nitrogen and oxygen atoms in total. The Balaban J connectivity index is 4.47. The lowest BCUT2D eigenvalue weighted by Crippen LogP contribution is -2.40. The highest BCUT2D eigenvalue weighted by molar-refractivity contribution is 5.80. The first-order valence-electron chi connectivity index (χ1n) is 29.1. The maximum absolute atomic E-state index is 13.2. The molecule has 0 aliphatic carbocycles. The van der Waals surface area contributed by atoms with Crippen LogP contribution in [-0.2, 0) is 33.4 Å². The molecule has 0 rings (SSSR count). The zero-order valence-corrected chi connectivity index (χ0v) is 45.0. The van der Waals surface area contributed by atoms with Crippen LogP contribution in [0, 0.1) is 0 Å². The van der Waals surface area contributed by atoms with E-state index in [1.54, 1.807) is 0 Å². The van der Waals surface area contributed by atoms with Gasteiger partial charge >= 0.3 is 17.9 Å². The fourth-order valence-corrected chi connectivity index (χ4v) is 8.37. The standard InChI is InChI=1S/C60H109NO7/c1-4-7-10-13-16-19-22-25-28-31-34-37-40-43-46-49-58(63)66-54-52-61(53-55-67-59(64)50-47-44-41-38-35-32-29-26-23-20-17-14-11-8-5-2)57(62)56-68-60(65)51-48-45-42-39-36-33-30-27-24-21-18-15-12-9-6-3/h25-30H,4-24,31-56H2,1-3H3/b28-25+,29-26+,30-27+. The Labute approximate surface area is 420 Å². The minimum Gasteiger partial charge on any atom is -0.464 e. The summed E-state index contributed by atoms with van der Waals surface area (Å²) < 4.78 is 16.4. The predicted molar refractivity (Wildman–Crippen MR) is 288 cm³/mol. The van der Waals surface area contributed by atoms with E-state index >= 15 is 0 Å². The van der Waals surface area contributed by atoms with Gasteiger partial charge in [-0.3, -0.25) is 19.2 Å². The van der Waals surface area contributed by atoms with Crippen LogP contribution < -0.4 is 0 Å². The minimum absolute atomic E-state index is 0.0430. The maximum atomic E-state index is 13.2. The molecule has 0 bridgehead atoms. The van der Waals surface area contributed by atoms with E-state index in [4.69, 9.17) is 14.2 Å². The second-order valence-corrected chi connectivity index (χ2v) is 19.5. The second-order valence-electron chi connectivity index (χ2n) is 19.5. The largest absolute Gasteiger partial charge is 0.464 e. The first kappa shape index (κ1) is 65.1. The number of carbonyl (C=O) groups is 4. The van der Waals surface area contributed by atoms with Crippen LogP contribution in [0.5, 0.6) is 0 Å². The third kappa shape index (κ3) is 51.0. The first-order valence-corrected chi connectivity index (χ1v) is 29.1. The molecule has 0 aromatic rings. The number of amides is 1. The number of nitrogens with zero attached hydrogens (tertiary/aromatic N) is 1. The monoisotopic (exact) mass is 956 g/mol. The summed E-state index contributed by atoms with van der Waals surface area (Å²) in [5.41, 5.74) is 0. The zero-order valence-electron chi connectivity index (χ0n) is 45.0. The Morgan fingerprint density at radius 3 is 0.824 bits per heavy atom. The van der Waals surface area contributed by atoms with Crippen LogP contribution in [0.4, 0.5) is 0 Å². The molecule has 0 unspecified atom stereocenters. The Morgan fingerprint density at radius 1 is 0.309 bits per heavy atom. The Bertz CT molecular complexity index is 1150. The van der Waals surface area contributed by atoms with E-state index in [0.29, 0.717) is 12.8 Å². The molecule has 0 heterocycles. The average Bonchev–Trinajstić information content (AvgIpc) is 3.33. The van der Waals surface area contributed by atoms with Gasteiger partial charge in [-0.2, -0.15) is 0 Å². The van der Waals surface area contributed by atoms with Crippen LogP contribution in [0.15, 0.2) is 36.5 Å². The fraction of sp³-hybridized carbons (Fsp3) is 0.833. The molecule has 0 aromatic carbocycles. The SMILES string of the molecule is CCCCCCCC/C=C/CCCCCCCC(=O)OCCN(CCOC(=O)CCCCCCC/C=C/CCCCCCCC)C(=O)COC(=O)CCCCCCC/C=C/CCCCCCCC. The number of unbranched alkanes of at least 4 members (excludes halogenated alkanes) is 33. The van der Waals surface area contributed by atoms with Crippen molar-refractivity contribution in [3.8, 4) is 0 Å². The smallest absolute Gasteiger partial charge is 0.306 e. The molecule has 0 aliphatic heterocycles. The average molecular weight is 957 g/mol. The van der Waals surface area contributed by atoms with E-state index in [2.05, 4.69) is 57.2 Å². The van der Waals surface area contributed by atoms with Gasteiger partial charge in [0.25, 0.3) is 5.91 Å². The van der Waals surface area contributed by atoms with Gasteiger partial charge in [-0.05, 0) is 96.3 Å². The Kier molecular flexibility index (Phi) is 52.7. The van der Waals surface area contributed by atoms with Gasteiger partial charge in [-0.25, -0.2) is 0 Å². The van der Waals surface area contributed by atoms with Crippen molar-refractivity contribution in [2.45, 2.75) is 290 Å². The molecule has 0 spiro atoms. The number of hydrogen-bond acceptors (Lipinski definition) is 7. The number of ether oxygens (including phenoxy) is 3. The van der Waals surface area contributed by atoms with Crippen LogP contribution in [0.1, 0.15) is 290 Å². The lowest BCUT2D eigenvalue weighted by atomic mass is 10.1. The summed E-state index contributed by atoms with van der Waals surface area (Å²) in [5.74, 6) is -1.31. The molecule has 8 heteroatoms. The van der Waals surface area contributed by atoms with E-state index in [-0.39, 0.29) is 63.1 Å². The van der Waals surface area contributed by atoms with Crippen molar-refractivity contribution < 1.29 is 33.4 Å². The Morgan fingerprint density at radius 2 is 0.544 bits per heavy atom. The molecule has 0 aliphatic rings. The summed E-state index contributed by atoms with van der Waals surface area (Å²) in [6, 6.07) is 0. The van der Waals surface area contributed by atoms with Gasteiger partial charge in [0.1, 0.15) is 13.2 Å². The van der Waals surface area contributed by atoms with Gasteiger partial charge in [-0.15, -0.1) is 0 Å². The summed E-state index contributed by atoms with van der Waals surface area (Å²) in [5, 5.41) is 0. The van der Waals surface area contributed by atoms with Crippen molar-refractivity contribution in [2.75, 3.05) is 32.9 Å². The molecule has 0 N–H and O–H groups in total. The number of rotatable bonds is 53.